The largest absolute Gasteiger partial charge is 0.368 e. The van der Waals surface area contributed by atoms with E-state index >= 15 is 0 Å². The summed E-state index contributed by atoms with van der Waals surface area (Å²) in [5.74, 6) is 0.297. The van der Waals surface area contributed by atoms with Crippen LogP contribution in [0.25, 0.3) is 0 Å². The monoisotopic (exact) mass is 183 g/mol. The van der Waals surface area contributed by atoms with E-state index in [-0.39, 0.29) is 5.91 Å². The summed E-state index contributed by atoms with van der Waals surface area (Å²) in [5.41, 5.74) is 10.5. The molecule has 1 heterocycles. The number of rotatable bonds is 2. The molecule has 1 amide bonds. The zero-order valence-corrected chi connectivity index (χ0v) is 8.16. The Bertz CT molecular complexity index is 239. The zero-order valence-electron chi connectivity index (χ0n) is 8.16. The fourth-order valence-corrected chi connectivity index (χ4v) is 2.49. The number of carbonyl (C=O) groups excluding carboxylic acids is 1. The average molecular weight is 183 g/mol. The van der Waals surface area contributed by atoms with Crippen LogP contribution in [0, 0.1) is 11.8 Å². The summed E-state index contributed by atoms with van der Waals surface area (Å²) in [5, 5.41) is 0. The Labute approximate surface area is 78.2 Å². The first-order valence-electron chi connectivity index (χ1n) is 4.80. The predicted octanol–water partition coefficient (Wildman–Crippen LogP) is -0.861. The second-order valence-corrected chi connectivity index (χ2v) is 4.56. The molecular formula is C9H17N3O. The number of hydrogen-bond donors (Lipinski definition) is 2. The van der Waals surface area contributed by atoms with E-state index in [1.807, 2.05) is 0 Å². The normalized spacial score (nSPS) is 43.7. The van der Waals surface area contributed by atoms with E-state index in [1.54, 1.807) is 0 Å². The summed E-state index contributed by atoms with van der Waals surface area (Å²) < 4.78 is 0. The zero-order chi connectivity index (χ0) is 9.80. The lowest BCUT2D eigenvalue weighted by Gasteiger charge is -2.25. The van der Waals surface area contributed by atoms with Crippen molar-refractivity contribution in [1.29, 1.82) is 0 Å². The molecular weight excluding hydrogens is 166 g/mol. The average Bonchev–Trinajstić information content (AvgIpc) is 2.49. The van der Waals surface area contributed by atoms with Gasteiger partial charge in [-0.3, -0.25) is 4.79 Å². The van der Waals surface area contributed by atoms with Gasteiger partial charge in [0.1, 0.15) is 5.54 Å². The molecule has 2 fully saturated rings. The van der Waals surface area contributed by atoms with Gasteiger partial charge in [-0.15, -0.1) is 0 Å². The number of carbonyl (C=O) groups is 1. The van der Waals surface area contributed by atoms with Gasteiger partial charge in [0, 0.05) is 31.0 Å². The Hall–Kier alpha value is -0.610. The van der Waals surface area contributed by atoms with E-state index < -0.39 is 5.54 Å². The van der Waals surface area contributed by atoms with Crippen LogP contribution in [0.15, 0.2) is 0 Å². The number of nitrogens with zero attached hydrogens (tertiary/aromatic N) is 1. The van der Waals surface area contributed by atoms with Crippen molar-refractivity contribution in [3.05, 3.63) is 0 Å². The predicted molar refractivity (Wildman–Crippen MR) is 49.8 cm³/mol. The van der Waals surface area contributed by atoms with Gasteiger partial charge in [0.25, 0.3) is 0 Å². The van der Waals surface area contributed by atoms with Gasteiger partial charge in [-0.2, -0.15) is 0 Å². The lowest BCUT2D eigenvalue weighted by Crippen LogP contribution is -2.48. The van der Waals surface area contributed by atoms with Gasteiger partial charge in [0.05, 0.1) is 0 Å². The molecule has 2 aliphatic rings. The summed E-state index contributed by atoms with van der Waals surface area (Å²) in [6.07, 6.45) is 0. The number of amides is 1. The van der Waals surface area contributed by atoms with Crippen molar-refractivity contribution in [2.24, 2.45) is 23.3 Å². The minimum atomic E-state index is -0.675. The Morgan fingerprint density at radius 1 is 1.46 bits per heavy atom. The minimum Gasteiger partial charge on any atom is -0.368 e. The maximum atomic E-state index is 11.1. The summed E-state index contributed by atoms with van der Waals surface area (Å²) in [4.78, 5) is 13.4. The molecule has 0 aromatic carbocycles. The number of hydrogen-bond acceptors (Lipinski definition) is 3. The van der Waals surface area contributed by atoms with Gasteiger partial charge < -0.3 is 16.4 Å². The molecule has 74 valence electrons. The molecule has 0 radical (unpaired) electrons. The molecule has 4 N–H and O–H groups in total. The molecule has 1 aliphatic carbocycles. The van der Waals surface area contributed by atoms with Crippen LogP contribution in [0.1, 0.15) is 13.8 Å². The van der Waals surface area contributed by atoms with Gasteiger partial charge >= 0.3 is 0 Å². The first-order chi connectivity index (χ1) is 5.98. The highest BCUT2D eigenvalue weighted by Gasteiger charge is 2.69. The fourth-order valence-electron chi connectivity index (χ4n) is 2.49. The first-order valence-corrected chi connectivity index (χ1v) is 4.80. The Morgan fingerprint density at radius 3 is 2.23 bits per heavy atom. The molecule has 2 rings (SSSR count). The Balaban J connectivity index is 2.01. The van der Waals surface area contributed by atoms with Crippen molar-refractivity contribution < 1.29 is 4.79 Å². The van der Waals surface area contributed by atoms with E-state index in [9.17, 15) is 4.79 Å². The Kier molecular flexibility index (Phi) is 1.69. The van der Waals surface area contributed by atoms with Crippen molar-refractivity contribution >= 4 is 5.91 Å². The number of primary amides is 1. The molecule has 2 unspecified atom stereocenters. The van der Waals surface area contributed by atoms with Gasteiger partial charge in [0.15, 0.2) is 0 Å². The number of fused-ring (bicyclic) bond motifs is 1. The molecule has 4 nitrogen and oxygen atoms in total. The standard InChI is InChI=1S/C9H17N3O/c1-5(2)12-3-6-7(4-12)9(6,11)8(10)13/h5-7H,3-4,11H2,1-2H3,(H2,10,13)/t6-,7?,9?/m1/s1. The highest BCUT2D eigenvalue weighted by Crippen LogP contribution is 2.53. The van der Waals surface area contributed by atoms with Crippen LogP contribution in [0.4, 0.5) is 0 Å². The molecule has 1 saturated carbocycles. The van der Waals surface area contributed by atoms with Crippen LogP contribution >= 0.6 is 0 Å². The summed E-state index contributed by atoms with van der Waals surface area (Å²) in [7, 11) is 0. The maximum absolute atomic E-state index is 11.1. The number of piperidine rings is 1. The van der Waals surface area contributed by atoms with Crippen molar-refractivity contribution in [2.75, 3.05) is 13.1 Å². The molecule has 3 atom stereocenters. The molecule has 0 bridgehead atoms. The van der Waals surface area contributed by atoms with Crippen LogP contribution in [0.5, 0.6) is 0 Å². The maximum Gasteiger partial charge on any atom is 0.238 e. The smallest absolute Gasteiger partial charge is 0.238 e. The summed E-state index contributed by atoms with van der Waals surface area (Å²) in [6.45, 7) is 6.18. The molecule has 1 saturated heterocycles. The quantitative estimate of drug-likeness (QED) is 0.585. The van der Waals surface area contributed by atoms with E-state index in [0.29, 0.717) is 17.9 Å². The lowest BCUT2D eigenvalue weighted by atomic mass is 10.1. The third-order valence-electron chi connectivity index (χ3n) is 3.62. The fraction of sp³-hybridized carbons (Fsp3) is 0.889. The first kappa shape index (κ1) is 8.97. The van der Waals surface area contributed by atoms with Crippen LogP contribution in [-0.4, -0.2) is 35.5 Å². The molecule has 0 aromatic rings. The van der Waals surface area contributed by atoms with Gasteiger partial charge in [-0.05, 0) is 13.8 Å². The Morgan fingerprint density at radius 2 is 1.92 bits per heavy atom. The van der Waals surface area contributed by atoms with Crippen LogP contribution < -0.4 is 11.5 Å². The van der Waals surface area contributed by atoms with E-state index in [0.717, 1.165) is 13.1 Å². The third kappa shape index (κ3) is 1.02. The highest BCUT2D eigenvalue weighted by molar-refractivity contribution is 5.89. The third-order valence-corrected chi connectivity index (χ3v) is 3.62. The summed E-state index contributed by atoms with van der Waals surface area (Å²) in [6, 6.07) is 0.546. The van der Waals surface area contributed by atoms with Crippen LogP contribution in [-0.2, 0) is 4.79 Å². The van der Waals surface area contributed by atoms with E-state index in [1.165, 1.54) is 0 Å². The second-order valence-electron chi connectivity index (χ2n) is 4.56. The van der Waals surface area contributed by atoms with Crippen LogP contribution in [0.2, 0.25) is 0 Å². The number of likely N-dealkylation sites (tertiary alicyclic amines) is 1. The second kappa shape index (κ2) is 2.45. The van der Waals surface area contributed by atoms with E-state index in [4.69, 9.17) is 11.5 Å². The van der Waals surface area contributed by atoms with Crippen LogP contribution in [0.3, 0.4) is 0 Å². The highest BCUT2D eigenvalue weighted by atomic mass is 16.1. The molecule has 0 spiro atoms. The van der Waals surface area contributed by atoms with Crippen molar-refractivity contribution in [1.82, 2.24) is 4.90 Å². The van der Waals surface area contributed by atoms with Crippen molar-refractivity contribution in [3.8, 4) is 0 Å². The van der Waals surface area contributed by atoms with Gasteiger partial charge in [0.2, 0.25) is 5.91 Å². The topological polar surface area (TPSA) is 72.3 Å². The van der Waals surface area contributed by atoms with Gasteiger partial charge in [-0.25, -0.2) is 0 Å². The molecule has 0 aromatic heterocycles. The van der Waals surface area contributed by atoms with E-state index in [2.05, 4.69) is 18.7 Å². The summed E-state index contributed by atoms with van der Waals surface area (Å²) >= 11 is 0. The SMILES string of the molecule is CC(C)N1CC2[C@@H](C1)C2(N)C(N)=O. The lowest BCUT2D eigenvalue weighted by molar-refractivity contribution is -0.121. The van der Waals surface area contributed by atoms with Gasteiger partial charge in [-0.1, -0.05) is 0 Å². The molecule has 13 heavy (non-hydrogen) atoms. The number of nitrogens with two attached hydrogens (primary N) is 2. The van der Waals surface area contributed by atoms with Crippen molar-refractivity contribution in [2.45, 2.75) is 25.4 Å². The minimum absolute atomic E-state index is 0.312. The van der Waals surface area contributed by atoms with Crippen molar-refractivity contribution in [3.63, 3.8) is 0 Å². The molecule has 1 aliphatic heterocycles. The molecule has 4 heteroatoms.